The molecule has 5 nitrogen and oxygen atoms in total. The number of rotatable bonds is 2. The summed E-state index contributed by atoms with van der Waals surface area (Å²) in [5.41, 5.74) is 1.18. The van der Waals surface area contributed by atoms with Crippen molar-refractivity contribution in [3.8, 4) is 11.5 Å². The highest BCUT2D eigenvalue weighted by molar-refractivity contribution is 5.62. The van der Waals surface area contributed by atoms with Gasteiger partial charge in [0.1, 0.15) is 6.10 Å². The second-order valence-electron chi connectivity index (χ2n) is 3.84. The zero-order chi connectivity index (χ0) is 11.9. The standard InChI is InChI=1S/C11H11NO4/c1-6(2)9-5-7-3-4-8(13)10(12(14)15)11(7)16-9/h3-4,9,13H,1,5H2,2H3. The van der Waals surface area contributed by atoms with E-state index in [1.54, 1.807) is 6.07 Å². The largest absolute Gasteiger partial charge is 0.502 e. The predicted octanol–water partition coefficient (Wildman–Crippen LogP) is 2.18. The molecule has 0 fully saturated rings. The Labute approximate surface area is 92.1 Å². The van der Waals surface area contributed by atoms with Crippen molar-refractivity contribution >= 4 is 5.69 Å². The van der Waals surface area contributed by atoms with Crippen molar-refractivity contribution in [2.24, 2.45) is 0 Å². The van der Waals surface area contributed by atoms with Crippen LogP contribution in [0, 0.1) is 10.1 Å². The van der Waals surface area contributed by atoms with Crippen LogP contribution in [-0.4, -0.2) is 16.1 Å². The third-order valence-electron chi connectivity index (χ3n) is 2.59. The molecule has 1 aliphatic rings. The summed E-state index contributed by atoms with van der Waals surface area (Å²) in [6.07, 6.45) is 0.321. The third-order valence-corrected chi connectivity index (χ3v) is 2.59. The topological polar surface area (TPSA) is 72.6 Å². The number of nitrogens with zero attached hydrogens (tertiary/aromatic N) is 1. The Morgan fingerprint density at radius 1 is 1.69 bits per heavy atom. The summed E-state index contributed by atoms with van der Waals surface area (Å²) >= 11 is 0. The molecule has 16 heavy (non-hydrogen) atoms. The Morgan fingerprint density at radius 2 is 2.38 bits per heavy atom. The van der Waals surface area contributed by atoms with Gasteiger partial charge in [-0.3, -0.25) is 10.1 Å². The van der Waals surface area contributed by atoms with E-state index in [9.17, 15) is 15.2 Å². The van der Waals surface area contributed by atoms with Crippen molar-refractivity contribution in [1.82, 2.24) is 0 Å². The van der Waals surface area contributed by atoms with E-state index < -0.39 is 4.92 Å². The maximum Gasteiger partial charge on any atom is 0.352 e. The first-order valence-electron chi connectivity index (χ1n) is 4.82. The number of phenolic OH excluding ortho intramolecular Hbond substituents is 1. The fourth-order valence-electron chi connectivity index (χ4n) is 1.73. The lowest BCUT2D eigenvalue weighted by Crippen LogP contribution is -2.13. The van der Waals surface area contributed by atoms with Crippen molar-refractivity contribution in [2.45, 2.75) is 19.4 Å². The maximum absolute atomic E-state index is 10.8. The molecule has 1 aliphatic heterocycles. The molecular weight excluding hydrogens is 210 g/mol. The average molecular weight is 221 g/mol. The van der Waals surface area contributed by atoms with Gasteiger partial charge < -0.3 is 9.84 Å². The van der Waals surface area contributed by atoms with E-state index in [0.29, 0.717) is 6.42 Å². The fraction of sp³-hybridized carbons (Fsp3) is 0.273. The summed E-state index contributed by atoms with van der Waals surface area (Å²) in [7, 11) is 0. The monoisotopic (exact) mass is 221 g/mol. The molecule has 1 N–H and O–H groups in total. The lowest BCUT2D eigenvalue weighted by Gasteiger charge is -2.09. The van der Waals surface area contributed by atoms with Gasteiger partial charge in [-0.1, -0.05) is 12.6 Å². The minimum atomic E-state index is -0.630. The SMILES string of the molecule is C=C(C)C1Cc2ccc(O)c([N+](=O)[O-])c2O1. The molecule has 1 unspecified atom stereocenters. The van der Waals surface area contributed by atoms with Crippen LogP contribution in [0.2, 0.25) is 0 Å². The van der Waals surface area contributed by atoms with Gasteiger partial charge in [0.2, 0.25) is 5.75 Å². The molecule has 0 spiro atoms. The highest BCUT2D eigenvalue weighted by atomic mass is 16.6. The Hall–Kier alpha value is -2.04. The number of nitro groups is 1. The average Bonchev–Trinajstić information content (AvgIpc) is 2.60. The van der Waals surface area contributed by atoms with Gasteiger partial charge >= 0.3 is 5.69 Å². The molecule has 1 atom stereocenters. The maximum atomic E-state index is 10.8. The first-order chi connectivity index (χ1) is 7.50. The molecule has 0 radical (unpaired) electrons. The van der Waals surface area contributed by atoms with Gasteiger partial charge in [-0.15, -0.1) is 0 Å². The smallest absolute Gasteiger partial charge is 0.352 e. The van der Waals surface area contributed by atoms with Crippen LogP contribution < -0.4 is 4.74 Å². The zero-order valence-corrected chi connectivity index (χ0v) is 8.77. The number of hydrogen-bond donors (Lipinski definition) is 1. The van der Waals surface area contributed by atoms with E-state index in [2.05, 4.69) is 6.58 Å². The van der Waals surface area contributed by atoms with E-state index in [1.807, 2.05) is 6.92 Å². The Kier molecular flexibility index (Phi) is 2.30. The normalized spacial score (nSPS) is 17.7. The number of ether oxygens (including phenoxy) is 1. The van der Waals surface area contributed by atoms with E-state index in [4.69, 9.17) is 4.74 Å². The van der Waals surface area contributed by atoms with Gasteiger partial charge in [0.15, 0.2) is 5.75 Å². The molecule has 0 aliphatic carbocycles. The molecular formula is C11H11NO4. The Bertz CT molecular complexity index is 481. The van der Waals surface area contributed by atoms with Gasteiger partial charge in [0, 0.05) is 12.0 Å². The molecule has 0 saturated heterocycles. The van der Waals surface area contributed by atoms with E-state index in [-0.39, 0.29) is 23.3 Å². The number of hydrogen-bond acceptors (Lipinski definition) is 4. The van der Waals surface area contributed by atoms with Gasteiger partial charge in [0.25, 0.3) is 0 Å². The second-order valence-corrected chi connectivity index (χ2v) is 3.84. The molecule has 0 saturated carbocycles. The second kappa shape index (κ2) is 3.52. The van der Waals surface area contributed by atoms with Gasteiger partial charge in [-0.05, 0) is 18.6 Å². The van der Waals surface area contributed by atoms with Crippen LogP contribution >= 0.6 is 0 Å². The minimum Gasteiger partial charge on any atom is -0.502 e. The number of benzene rings is 1. The van der Waals surface area contributed by atoms with Crippen LogP contribution in [0.4, 0.5) is 5.69 Å². The third kappa shape index (κ3) is 1.50. The van der Waals surface area contributed by atoms with Crippen molar-refractivity contribution in [3.05, 3.63) is 40.0 Å². The van der Waals surface area contributed by atoms with Crippen LogP contribution in [0.25, 0.3) is 0 Å². The molecule has 0 aromatic heterocycles. The summed E-state index contributed by atoms with van der Waals surface area (Å²) in [4.78, 5) is 10.2. The minimum absolute atomic E-state index is 0.165. The summed E-state index contributed by atoms with van der Waals surface area (Å²) in [5.74, 6) is -0.205. The Balaban J connectivity index is 2.49. The van der Waals surface area contributed by atoms with Crippen LogP contribution in [0.5, 0.6) is 11.5 Å². The van der Waals surface area contributed by atoms with Crippen LogP contribution in [0.3, 0.4) is 0 Å². The number of aromatic hydroxyl groups is 1. The molecule has 1 aromatic rings. The van der Waals surface area contributed by atoms with Crippen molar-refractivity contribution in [3.63, 3.8) is 0 Å². The van der Waals surface area contributed by atoms with Crippen molar-refractivity contribution < 1.29 is 14.8 Å². The zero-order valence-electron chi connectivity index (χ0n) is 8.77. The fourth-order valence-corrected chi connectivity index (χ4v) is 1.73. The number of fused-ring (bicyclic) bond motifs is 1. The predicted molar refractivity (Wildman–Crippen MR) is 57.7 cm³/mol. The molecule has 0 amide bonds. The van der Waals surface area contributed by atoms with Gasteiger partial charge in [0.05, 0.1) is 4.92 Å². The van der Waals surface area contributed by atoms with Crippen LogP contribution in [-0.2, 0) is 6.42 Å². The molecule has 1 heterocycles. The Morgan fingerprint density at radius 3 is 2.94 bits per heavy atom. The first kappa shape index (κ1) is 10.5. The number of phenols is 1. The number of nitro benzene ring substituents is 1. The molecule has 2 rings (SSSR count). The summed E-state index contributed by atoms with van der Waals surface area (Å²) in [6, 6.07) is 2.96. The molecule has 5 heteroatoms. The van der Waals surface area contributed by atoms with Crippen molar-refractivity contribution in [2.75, 3.05) is 0 Å². The lowest BCUT2D eigenvalue weighted by molar-refractivity contribution is -0.386. The summed E-state index contributed by atoms with van der Waals surface area (Å²) in [5, 5.41) is 20.2. The van der Waals surface area contributed by atoms with Gasteiger partial charge in [-0.25, -0.2) is 0 Å². The summed E-state index contributed by atoms with van der Waals surface area (Å²) < 4.78 is 5.44. The van der Waals surface area contributed by atoms with Crippen molar-refractivity contribution in [1.29, 1.82) is 0 Å². The van der Waals surface area contributed by atoms with E-state index in [1.165, 1.54) is 6.07 Å². The summed E-state index contributed by atoms with van der Waals surface area (Å²) in [6.45, 7) is 5.57. The van der Waals surface area contributed by atoms with E-state index in [0.717, 1.165) is 11.1 Å². The molecule has 84 valence electrons. The van der Waals surface area contributed by atoms with Gasteiger partial charge in [-0.2, -0.15) is 0 Å². The van der Waals surface area contributed by atoms with Crippen LogP contribution in [0.15, 0.2) is 24.3 Å². The molecule has 0 bridgehead atoms. The molecule has 1 aromatic carbocycles. The quantitative estimate of drug-likeness (QED) is 0.472. The lowest BCUT2D eigenvalue weighted by atomic mass is 10.1. The first-order valence-corrected chi connectivity index (χ1v) is 4.82. The highest BCUT2D eigenvalue weighted by Crippen LogP contribution is 2.44. The highest BCUT2D eigenvalue weighted by Gasteiger charge is 2.33. The van der Waals surface area contributed by atoms with E-state index >= 15 is 0 Å². The van der Waals surface area contributed by atoms with Crippen LogP contribution in [0.1, 0.15) is 12.5 Å².